The lowest BCUT2D eigenvalue weighted by molar-refractivity contribution is 0.104. The minimum absolute atomic E-state index is 0.0469. The second-order valence-corrected chi connectivity index (χ2v) is 8.58. The first-order valence-corrected chi connectivity index (χ1v) is 11.5. The van der Waals surface area contributed by atoms with Crippen LogP contribution in [0.5, 0.6) is 23.5 Å². The monoisotopic (exact) mass is 445 g/mol. The molecule has 1 saturated carbocycles. The molecule has 0 amide bonds. The number of halogens is 1. The van der Waals surface area contributed by atoms with Crippen molar-refractivity contribution in [1.82, 2.24) is 19.9 Å². The lowest BCUT2D eigenvalue weighted by Crippen LogP contribution is -2.36. The number of hydrogen-bond donors (Lipinski definition) is 1. The van der Waals surface area contributed by atoms with E-state index in [0.29, 0.717) is 12.0 Å². The maximum Gasteiger partial charge on any atom is 0.330 e. The summed E-state index contributed by atoms with van der Waals surface area (Å²) in [4.78, 5) is 15.6. The van der Waals surface area contributed by atoms with Crippen LogP contribution < -0.4 is 19.5 Å². The van der Waals surface area contributed by atoms with Crippen molar-refractivity contribution >= 4 is 5.95 Å². The number of rotatable bonds is 7. The summed E-state index contributed by atoms with van der Waals surface area (Å²) in [5, 5.41) is 3.44. The fourth-order valence-electron chi connectivity index (χ4n) is 4.18. The summed E-state index contributed by atoms with van der Waals surface area (Å²) >= 11 is 0. The van der Waals surface area contributed by atoms with E-state index in [1.54, 1.807) is 6.07 Å². The molecule has 2 fully saturated rings. The summed E-state index contributed by atoms with van der Waals surface area (Å²) in [5.41, 5.74) is 0. The first-order valence-electron chi connectivity index (χ1n) is 11.5. The summed E-state index contributed by atoms with van der Waals surface area (Å²) in [6.07, 6.45) is 8.93. The topological polar surface area (TPSA) is 81.6 Å². The van der Waals surface area contributed by atoms with Gasteiger partial charge in [-0.25, -0.2) is 4.39 Å². The van der Waals surface area contributed by atoms with Crippen LogP contribution in [0.3, 0.4) is 0 Å². The van der Waals surface area contributed by atoms with E-state index < -0.39 is 5.82 Å². The van der Waals surface area contributed by atoms with E-state index in [1.807, 2.05) is 0 Å². The average Bonchev–Trinajstić information content (AvgIpc) is 3.04. The van der Waals surface area contributed by atoms with Crippen LogP contribution >= 0.6 is 0 Å². The summed E-state index contributed by atoms with van der Waals surface area (Å²) in [6, 6.07) is 4.98. The van der Waals surface area contributed by atoms with Gasteiger partial charge in [0.1, 0.15) is 11.9 Å². The number of piperidine rings is 1. The Kier molecular flexibility index (Phi) is 7.57. The molecule has 0 atom stereocenters. The van der Waals surface area contributed by atoms with Crippen LogP contribution in [0.4, 0.5) is 10.3 Å². The first kappa shape index (κ1) is 22.5. The SMILES string of the molecule is COc1ccc(Oc2nc(NC3CCCCCC3)nc(OC3CCN(C)CC3)n2)cc1F. The molecule has 0 radical (unpaired) electrons. The van der Waals surface area contributed by atoms with E-state index >= 15 is 0 Å². The Balaban J connectivity index is 1.53. The molecule has 1 aliphatic heterocycles. The van der Waals surface area contributed by atoms with E-state index in [4.69, 9.17) is 14.2 Å². The van der Waals surface area contributed by atoms with E-state index in [-0.39, 0.29) is 29.6 Å². The lowest BCUT2D eigenvalue weighted by Gasteiger charge is -2.28. The number of likely N-dealkylation sites (tertiary alicyclic amines) is 1. The molecule has 1 saturated heterocycles. The van der Waals surface area contributed by atoms with E-state index in [1.165, 1.54) is 44.9 Å². The van der Waals surface area contributed by atoms with Gasteiger partial charge in [0.2, 0.25) is 5.95 Å². The molecule has 0 spiro atoms. The maximum absolute atomic E-state index is 14.1. The van der Waals surface area contributed by atoms with Gasteiger partial charge in [0.15, 0.2) is 11.6 Å². The van der Waals surface area contributed by atoms with Crippen LogP contribution in [0.2, 0.25) is 0 Å². The Morgan fingerprint density at radius 1 is 0.969 bits per heavy atom. The Bertz CT molecular complexity index is 884. The van der Waals surface area contributed by atoms with Crippen molar-refractivity contribution in [3.63, 3.8) is 0 Å². The Hall–Kier alpha value is -2.68. The van der Waals surface area contributed by atoms with Crippen molar-refractivity contribution in [1.29, 1.82) is 0 Å². The molecule has 174 valence electrons. The zero-order valence-corrected chi connectivity index (χ0v) is 18.8. The highest BCUT2D eigenvalue weighted by Gasteiger charge is 2.21. The molecule has 1 aromatic carbocycles. The average molecular weight is 446 g/mol. The molecule has 1 aromatic heterocycles. The van der Waals surface area contributed by atoms with Crippen molar-refractivity contribution in [3.05, 3.63) is 24.0 Å². The van der Waals surface area contributed by atoms with Gasteiger partial charge in [-0.05, 0) is 44.9 Å². The normalized spacial score (nSPS) is 18.7. The summed E-state index contributed by atoms with van der Waals surface area (Å²) < 4.78 is 30.9. The summed E-state index contributed by atoms with van der Waals surface area (Å²) in [7, 11) is 3.52. The molecule has 1 aliphatic carbocycles. The number of hydrogen-bond acceptors (Lipinski definition) is 8. The lowest BCUT2D eigenvalue weighted by atomic mass is 10.1. The Morgan fingerprint density at radius 3 is 2.38 bits per heavy atom. The van der Waals surface area contributed by atoms with Crippen molar-refractivity contribution in [2.45, 2.75) is 63.5 Å². The van der Waals surface area contributed by atoms with Crippen LogP contribution in [0.1, 0.15) is 51.4 Å². The van der Waals surface area contributed by atoms with Crippen molar-refractivity contribution < 1.29 is 18.6 Å². The van der Waals surface area contributed by atoms with E-state index in [0.717, 1.165) is 38.8 Å². The number of aromatic nitrogens is 3. The highest BCUT2D eigenvalue weighted by atomic mass is 19.1. The first-order chi connectivity index (χ1) is 15.6. The molecule has 32 heavy (non-hydrogen) atoms. The Labute approximate surface area is 188 Å². The summed E-state index contributed by atoms with van der Waals surface area (Å²) in [6.45, 7) is 1.94. The van der Waals surface area contributed by atoms with Gasteiger partial charge in [0.25, 0.3) is 0 Å². The molecule has 2 heterocycles. The number of ether oxygens (including phenoxy) is 3. The quantitative estimate of drug-likeness (QED) is 0.628. The fourth-order valence-corrected chi connectivity index (χ4v) is 4.18. The molecule has 2 aliphatic rings. The van der Waals surface area contributed by atoms with Crippen LogP contribution in [0, 0.1) is 5.82 Å². The molecule has 2 aromatic rings. The molecule has 1 N–H and O–H groups in total. The van der Waals surface area contributed by atoms with Gasteiger partial charge >= 0.3 is 12.0 Å². The van der Waals surface area contributed by atoms with Crippen molar-refractivity contribution in [3.8, 4) is 23.5 Å². The number of methoxy groups -OCH3 is 1. The second-order valence-electron chi connectivity index (χ2n) is 8.58. The van der Waals surface area contributed by atoms with Gasteiger partial charge in [-0.2, -0.15) is 9.97 Å². The van der Waals surface area contributed by atoms with Crippen LogP contribution in [-0.2, 0) is 0 Å². The fraction of sp³-hybridized carbons (Fsp3) is 0.609. The van der Waals surface area contributed by atoms with E-state index in [9.17, 15) is 4.39 Å². The van der Waals surface area contributed by atoms with Gasteiger partial charge < -0.3 is 24.4 Å². The predicted molar refractivity (Wildman–Crippen MR) is 119 cm³/mol. The van der Waals surface area contributed by atoms with Gasteiger partial charge in [0.05, 0.1) is 7.11 Å². The predicted octanol–water partition coefficient (Wildman–Crippen LogP) is 4.42. The highest BCUT2D eigenvalue weighted by molar-refractivity contribution is 5.36. The smallest absolute Gasteiger partial charge is 0.330 e. The van der Waals surface area contributed by atoms with Crippen molar-refractivity contribution in [2.75, 3.05) is 32.6 Å². The molecule has 8 nitrogen and oxygen atoms in total. The highest BCUT2D eigenvalue weighted by Crippen LogP contribution is 2.27. The van der Waals surface area contributed by atoms with Crippen LogP contribution in [-0.4, -0.2) is 59.2 Å². The third-order valence-corrected chi connectivity index (χ3v) is 6.05. The third-order valence-electron chi connectivity index (χ3n) is 6.05. The second kappa shape index (κ2) is 10.8. The number of nitrogens with zero attached hydrogens (tertiary/aromatic N) is 4. The number of benzene rings is 1. The standard InChI is InChI=1S/C23H32FN5O3/c1-29-13-11-17(12-14-29)31-22-26-21(25-16-7-5-3-4-6-8-16)27-23(28-22)32-18-9-10-20(30-2)19(24)15-18/h9-10,15-17H,3-8,11-14H2,1-2H3,(H,25,26,27,28). The molecular weight excluding hydrogens is 413 g/mol. The maximum atomic E-state index is 14.1. The molecule has 0 unspecified atom stereocenters. The van der Waals surface area contributed by atoms with Crippen LogP contribution in [0.25, 0.3) is 0 Å². The van der Waals surface area contributed by atoms with Gasteiger partial charge in [-0.1, -0.05) is 25.7 Å². The Morgan fingerprint density at radius 2 is 1.69 bits per heavy atom. The minimum Gasteiger partial charge on any atom is -0.494 e. The minimum atomic E-state index is -0.515. The van der Waals surface area contributed by atoms with Gasteiger partial charge in [-0.3, -0.25) is 0 Å². The zero-order chi connectivity index (χ0) is 22.3. The zero-order valence-electron chi connectivity index (χ0n) is 18.8. The molecule has 4 rings (SSSR count). The van der Waals surface area contributed by atoms with Crippen LogP contribution in [0.15, 0.2) is 18.2 Å². The summed E-state index contributed by atoms with van der Waals surface area (Å²) in [5.74, 6) is 0.340. The van der Waals surface area contributed by atoms with E-state index in [2.05, 4.69) is 32.2 Å². The molecular formula is C23H32FN5O3. The van der Waals surface area contributed by atoms with Gasteiger partial charge in [0, 0.05) is 25.2 Å². The largest absolute Gasteiger partial charge is 0.494 e. The van der Waals surface area contributed by atoms with Crippen molar-refractivity contribution in [2.24, 2.45) is 0 Å². The number of nitrogens with one attached hydrogen (secondary N) is 1. The third kappa shape index (κ3) is 6.18. The molecule has 0 bridgehead atoms. The van der Waals surface area contributed by atoms with Gasteiger partial charge in [-0.15, -0.1) is 4.98 Å². The number of anilines is 1. The molecule has 9 heteroatoms.